The molecule has 0 aromatic heterocycles. The number of carboxylic acids is 1. The van der Waals surface area contributed by atoms with E-state index in [1.54, 1.807) is 0 Å². The molecule has 0 aliphatic carbocycles. The van der Waals surface area contributed by atoms with E-state index in [0.29, 0.717) is 13.4 Å². The normalized spacial score (nSPS) is 20.0. The Kier molecular flexibility index (Phi) is 3.68. The van der Waals surface area contributed by atoms with Crippen LogP contribution in [-0.4, -0.2) is 24.5 Å². The molecule has 1 aromatic rings. The van der Waals surface area contributed by atoms with E-state index in [1.165, 1.54) is 0 Å². The lowest BCUT2D eigenvalue weighted by molar-refractivity contribution is -0.138. The smallest absolute Gasteiger partial charge is 0.304 e. The van der Waals surface area contributed by atoms with Crippen LogP contribution in [-0.2, 0) is 19.7 Å². The van der Waals surface area contributed by atoms with Gasteiger partial charge in [0.15, 0.2) is 0 Å². The number of hydrogen-bond donors (Lipinski definition) is 1. The van der Waals surface area contributed by atoms with Crippen LogP contribution in [0.15, 0.2) is 24.3 Å². The zero-order valence-electron chi connectivity index (χ0n) is 10.7. The van der Waals surface area contributed by atoms with Crippen molar-refractivity contribution in [2.75, 3.05) is 13.4 Å². The third kappa shape index (κ3) is 2.89. The van der Waals surface area contributed by atoms with Crippen LogP contribution >= 0.6 is 0 Å². The Morgan fingerprint density at radius 3 is 2.56 bits per heavy atom. The second-order valence-electron chi connectivity index (χ2n) is 5.22. The van der Waals surface area contributed by atoms with Gasteiger partial charge in [-0.3, -0.25) is 4.79 Å². The first-order valence-electron chi connectivity index (χ1n) is 6.00. The van der Waals surface area contributed by atoms with Gasteiger partial charge in [0, 0.05) is 5.41 Å². The van der Waals surface area contributed by atoms with E-state index in [1.807, 2.05) is 38.1 Å². The summed E-state index contributed by atoms with van der Waals surface area (Å²) in [5, 5.41) is 8.90. The Labute approximate surface area is 107 Å². The summed E-state index contributed by atoms with van der Waals surface area (Å²) in [6.07, 6.45) is 0.122. The Balaban J connectivity index is 2.13. The summed E-state index contributed by atoms with van der Waals surface area (Å²) < 4.78 is 10.6. The van der Waals surface area contributed by atoms with Crippen molar-refractivity contribution in [1.82, 2.24) is 0 Å². The minimum atomic E-state index is -0.781. The van der Waals surface area contributed by atoms with E-state index in [4.69, 9.17) is 14.6 Å². The predicted octanol–water partition coefficient (Wildman–Crippen LogP) is 2.48. The summed E-state index contributed by atoms with van der Waals surface area (Å²) in [5.74, 6) is -0.781. The molecule has 0 saturated carbocycles. The fraction of sp³-hybridized carbons (Fsp3) is 0.500. The lowest BCUT2D eigenvalue weighted by Gasteiger charge is -2.23. The van der Waals surface area contributed by atoms with Gasteiger partial charge in [0.25, 0.3) is 0 Å². The molecule has 1 fully saturated rings. The Bertz CT molecular complexity index is 416. The molecule has 0 amide bonds. The number of rotatable bonds is 4. The quantitative estimate of drug-likeness (QED) is 0.892. The SMILES string of the molecule is CC(C)(CC(=O)O)c1ccc(C2COCO2)cc1. The van der Waals surface area contributed by atoms with Crippen molar-refractivity contribution in [1.29, 1.82) is 0 Å². The van der Waals surface area contributed by atoms with Gasteiger partial charge in [-0.2, -0.15) is 0 Å². The molecule has 1 unspecified atom stereocenters. The van der Waals surface area contributed by atoms with Crippen molar-refractivity contribution in [2.24, 2.45) is 0 Å². The van der Waals surface area contributed by atoms with Crippen LogP contribution in [0.5, 0.6) is 0 Å². The number of ether oxygens (including phenoxy) is 2. The third-order valence-corrected chi connectivity index (χ3v) is 3.28. The van der Waals surface area contributed by atoms with E-state index < -0.39 is 5.97 Å². The van der Waals surface area contributed by atoms with Gasteiger partial charge in [-0.05, 0) is 11.1 Å². The van der Waals surface area contributed by atoms with Crippen molar-refractivity contribution in [2.45, 2.75) is 31.8 Å². The molecule has 2 rings (SSSR count). The van der Waals surface area contributed by atoms with Gasteiger partial charge in [-0.1, -0.05) is 38.1 Å². The summed E-state index contributed by atoms with van der Waals surface area (Å²) in [4.78, 5) is 10.8. The van der Waals surface area contributed by atoms with E-state index in [2.05, 4.69) is 0 Å². The first-order valence-corrected chi connectivity index (χ1v) is 6.00. The maximum Gasteiger partial charge on any atom is 0.304 e. The molecule has 1 aromatic carbocycles. The Morgan fingerprint density at radius 1 is 1.39 bits per heavy atom. The fourth-order valence-corrected chi connectivity index (χ4v) is 2.16. The topological polar surface area (TPSA) is 55.8 Å². The van der Waals surface area contributed by atoms with Crippen LogP contribution in [0.3, 0.4) is 0 Å². The molecule has 1 heterocycles. The molecule has 0 spiro atoms. The monoisotopic (exact) mass is 250 g/mol. The molecule has 1 aliphatic rings. The summed E-state index contributed by atoms with van der Waals surface area (Å²) in [6.45, 7) is 4.80. The van der Waals surface area contributed by atoms with Crippen LogP contribution in [0.1, 0.15) is 37.5 Å². The second-order valence-corrected chi connectivity index (χ2v) is 5.22. The minimum Gasteiger partial charge on any atom is -0.481 e. The number of hydrogen-bond acceptors (Lipinski definition) is 3. The van der Waals surface area contributed by atoms with Gasteiger partial charge >= 0.3 is 5.97 Å². The third-order valence-electron chi connectivity index (χ3n) is 3.28. The zero-order chi connectivity index (χ0) is 13.2. The first-order chi connectivity index (χ1) is 8.49. The molecule has 4 nitrogen and oxygen atoms in total. The maximum absolute atomic E-state index is 10.8. The molecule has 4 heteroatoms. The van der Waals surface area contributed by atoms with Crippen molar-refractivity contribution in [3.05, 3.63) is 35.4 Å². The lowest BCUT2D eigenvalue weighted by Crippen LogP contribution is -2.21. The number of carboxylic acid groups (broad SMARTS) is 1. The standard InChI is InChI=1S/C14H18O4/c1-14(2,7-13(15)16)11-5-3-10(4-6-11)12-8-17-9-18-12/h3-6,12H,7-9H2,1-2H3,(H,15,16). The molecule has 1 aliphatic heterocycles. The first kappa shape index (κ1) is 13.1. The van der Waals surface area contributed by atoms with Gasteiger partial charge in [0.05, 0.1) is 13.0 Å². The van der Waals surface area contributed by atoms with E-state index in [9.17, 15) is 4.79 Å². The molecular weight excluding hydrogens is 232 g/mol. The molecule has 0 radical (unpaired) electrons. The van der Waals surface area contributed by atoms with E-state index in [-0.39, 0.29) is 17.9 Å². The van der Waals surface area contributed by atoms with Crippen LogP contribution in [0.2, 0.25) is 0 Å². The van der Waals surface area contributed by atoms with Gasteiger partial charge in [-0.25, -0.2) is 0 Å². The summed E-state index contributed by atoms with van der Waals surface area (Å²) in [7, 11) is 0. The van der Waals surface area contributed by atoms with Gasteiger partial charge in [0.2, 0.25) is 0 Å². The molecule has 98 valence electrons. The number of benzene rings is 1. The molecule has 1 saturated heterocycles. The van der Waals surface area contributed by atoms with Crippen LogP contribution in [0.4, 0.5) is 0 Å². The highest BCUT2D eigenvalue weighted by Gasteiger charge is 2.25. The Hall–Kier alpha value is -1.39. The highest BCUT2D eigenvalue weighted by molar-refractivity contribution is 5.68. The van der Waals surface area contributed by atoms with Crippen LogP contribution in [0, 0.1) is 0 Å². The Morgan fingerprint density at radius 2 is 2.06 bits per heavy atom. The van der Waals surface area contributed by atoms with Crippen molar-refractivity contribution in [3.8, 4) is 0 Å². The minimum absolute atomic E-state index is 0.00151. The molecule has 18 heavy (non-hydrogen) atoms. The molecular formula is C14H18O4. The second kappa shape index (κ2) is 5.08. The average molecular weight is 250 g/mol. The van der Waals surface area contributed by atoms with Crippen molar-refractivity contribution in [3.63, 3.8) is 0 Å². The highest BCUT2D eigenvalue weighted by Crippen LogP contribution is 2.29. The molecule has 1 atom stereocenters. The highest BCUT2D eigenvalue weighted by atomic mass is 16.7. The molecule has 1 N–H and O–H groups in total. The summed E-state index contributed by atoms with van der Waals surface area (Å²) in [5.41, 5.74) is 1.73. The largest absolute Gasteiger partial charge is 0.481 e. The average Bonchev–Trinajstić information content (AvgIpc) is 2.81. The van der Waals surface area contributed by atoms with E-state index in [0.717, 1.165) is 11.1 Å². The number of carbonyl (C=O) groups is 1. The number of aliphatic carboxylic acids is 1. The van der Waals surface area contributed by atoms with Crippen molar-refractivity contribution >= 4 is 5.97 Å². The summed E-state index contributed by atoms with van der Waals surface area (Å²) in [6, 6.07) is 7.91. The lowest BCUT2D eigenvalue weighted by atomic mass is 9.81. The van der Waals surface area contributed by atoms with Gasteiger partial charge in [0.1, 0.15) is 12.9 Å². The van der Waals surface area contributed by atoms with Gasteiger partial charge < -0.3 is 14.6 Å². The maximum atomic E-state index is 10.8. The van der Waals surface area contributed by atoms with Crippen LogP contribution < -0.4 is 0 Å². The predicted molar refractivity (Wildman–Crippen MR) is 66.4 cm³/mol. The zero-order valence-corrected chi connectivity index (χ0v) is 10.7. The van der Waals surface area contributed by atoms with Crippen LogP contribution in [0.25, 0.3) is 0 Å². The summed E-state index contributed by atoms with van der Waals surface area (Å²) >= 11 is 0. The molecule has 0 bridgehead atoms. The van der Waals surface area contributed by atoms with Crippen molar-refractivity contribution < 1.29 is 19.4 Å². The van der Waals surface area contributed by atoms with Gasteiger partial charge in [-0.15, -0.1) is 0 Å². The fourth-order valence-electron chi connectivity index (χ4n) is 2.16. The van der Waals surface area contributed by atoms with E-state index >= 15 is 0 Å².